The van der Waals surface area contributed by atoms with Crippen LogP contribution in [0.3, 0.4) is 0 Å². The minimum absolute atomic E-state index is 0.113. The third kappa shape index (κ3) is 10.2. The Morgan fingerprint density at radius 2 is 1.77 bits per heavy atom. The van der Waals surface area contributed by atoms with Crippen molar-refractivity contribution < 1.29 is 14.3 Å². The molecule has 130 valence electrons. The second-order valence-electron chi connectivity index (χ2n) is 6.99. The first kappa shape index (κ1) is 21.4. The lowest BCUT2D eigenvalue weighted by Crippen LogP contribution is -2.34. The number of Topliss-reactive ketones (excluding diaryl/α,β-unsaturated/α-hetero) is 1. The van der Waals surface area contributed by atoms with E-state index in [4.69, 9.17) is 4.74 Å². The van der Waals surface area contributed by atoms with E-state index in [2.05, 4.69) is 5.32 Å². The molecule has 1 amide bonds. The third-order valence-electron chi connectivity index (χ3n) is 3.97. The smallest absolute Gasteiger partial charge is 0.220 e. The molecular formula is C17H33NO3S. The van der Waals surface area contributed by atoms with Crippen molar-refractivity contribution in [2.75, 3.05) is 25.2 Å². The first-order valence-corrected chi connectivity index (χ1v) is 9.41. The van der Waals surface area contributed by atoms with Gasteiger partial charge in [-0.05, 0) is 52.0 Å². The van der Waals surface area contributed by atoms with Gasteiger partial charge in [0, 0.05) is 25.0 Å². The predicted molar refractivity (Wildman–Crippen MR) is 94.4 cm³/mol. The first-order valence-electron chi connectivity index (χ1n) is 8.01. The lowest BCUT2D eigenvalue weighted by atomic mass is 9.86. The monoisotopic (exact) mass is 331 g/mol. The van der Waals surface area contributed by atoms with Crippen LogP contribution in [0.2, 0.25) is 0 Å². The number of carbonyl (C=O) groups excluding carboxylic acids is 2. The maximum absolute atomic E-state index is 11.6. The van der Waals surface area contributed by atoms with Gasteiger partial charge in [-0.3, -0.25) is 9.59 Å². The molecule has 0 aliphatic carbocycles. The molecule has 0 radical (unpaired) electrons. The van der Waals surface area contributed by atoms with Crippen LogP contribution in [0.25, 0.3) is 0 Å². The molecule has 0 bridgehead atoms. The van der Waals surface area contributed by atoms with Gasteiger partial charge in [0.15, 0.2) is 0 Å². The Bertz CT molecular complexity index is 354. The van der Waals surface area contributed by atoms with Crippen LogP contribution in [0, 0.1) is 5.41 Å². The summed E-state index contributed by atoms with van der Waals surface area (Å²) in [4.78, 5) is 23.1. The summed E-state index contributed by atoms with van der Waals surface area (Å²) in [6.45, 7) is 10.7. The van der Waals surface area contributed by atoms with Gasteiger partial charge in [-0.2, -0.15) is 11.8 Å². The van der Waals surface area contributed by atoms with Crippen LogP contribution in [-0.4, -0.2) is 42.5 Å². The zero-order valence-corrected chi connectivity index (χ0v) is 15.9. The largest absolute Gasteiger partial charge is 0.375 e. The Balaban J connectivity index is 3.90. The summed E-state index contributed by atoms with van der Waals surface area (Å²) < 4.78 is 5.89. The highest BCUT2D eigenvalue weighted by Crippen LogP contribution is 2.23. The SMILES string of the molecule is CSCCCC(=O)NCCC(C)(C)OCCC(C)(C)C(C)=O. The van der Waals surface area contributed by atoms with E-state index in [-0.39, 0.29) is 22.7 Å². The number of ketones is 1. The first-order chi connectivity index (χ1) is 10.1. The van der Waals surface area contributed by atoms with E-state index >= 15 is 0 Å². The normalized spacial score (nSPS) is 12.3. The van der Waals surface area contributed by atoms with Gasteiger partial charge in [-0.1, -0.05) is 13.8 Å². The molecule has 1 N–H and O–H groups in total. The highest BCUT2D eigenvalue weighted by molar-refractivity contribution is 7.98. The second-order valence-corrected chi connectivity index (χ2v) is 7.98. The Labute approximate surface area is 140 Å². The number of ether oxygens (including phenoxy) is 1. The molecule has 0 aromatic carbocycles. The number of hydrogen-bond acceptors (Lipinski definition) is 4. The zero-order valence-electron chi connectivity index (χ0n) is 15.1. The van der Waals surface area contributed by atoms with Crippen LogP contribution in [0.1, 0.15) is 60.3 Å². The minimum Gasteiger partial charge on any atom is -0.375 e. The van der Waals surface area contributed by atoms with E-state index in [1.807, 2.05) is 34.0 Å². The summed E-state index contributed by atoms with van der Waals surface area (Å²) in [5.41, 5.74) is -0.624. The lowest BCUT2D eigenvalue weighted by Gasteiger charge is -2.28. The Morgan fingerprint density at radius 3 is 2.32 bits per heavy atom. The molecule has 4 nitrogen and oxygen atoms in total. The van der Waals surface area contributed by atoms with E-state index in [1.165, 1.54) is 0 Å². The van der Waals surface area contributed by atoms with Gasteiger partial charge in [0.1, 0.15) is 5.78 Å². The van der Waals surface area contributed by atoms with Gasteiger partial charge < -0.3 is 10.1 Å². The molecule has 0 aromatic heterocycles. The van der Waals surface area contributed by atoms with E-state index in [0.29, 0.717) is 26.0 Å². The number of amides is 1. The molecule has 0 unspecified atom stereocenters. The van der Waals surface area contributed by atoms with Gasteiger partial charge in [0.2, 0.25) is 5.91 Å². The van der Waals surface area contributed by atoms with Gasteiger partial charge in [0.05, 0.1) is 5.60 Å². The molecule has 0 aliphatic heterocycles. The average Bonchev–Trinajstić information content (AvgIpc) is 2.38. The van der Waals surface area contributed by atoms with Crippen LogP contribution in [0.5, 0.6) is 0 Å². The summed E-state index contributed by atoms with van der Waals surface area (Å²) in [6.07, 6.45) is 5.04. The number of rotatable bonds is 12. The van der Waals surface area contributed by atoms with E-state index in [0.717, 1.165) is 18.6 Å². The standard InChI is InChI=1S/C17H33NO3S/c1-14(19)16(2,3)10-12-21-17(4,5)9-11-18-15(20)8-7-13-22-6/h7-13H2,1-6H3,(H,18,20). The Kier molecular flexibility index (Phi) is 10.0. The minimum atomic E-state index is -0.332. The number of nitrogens with one attached hydrogen (secondary N) is 1. The van der Waals surface area contributed by atoms with Crippen molar-refractivity contribution in [1.82, 2.24) is 5.32 Å². The molecule has 5 heteroatoms. The summed E-state index contributed by atoms with van der Waals surface area (Å²) in [5.74, 6) is 1.32. The molecule has 22 heavy (non-hydrogen) atoms. The fourth-order valence-corrected chi connectivity index (χ4v) is 2.23. The van der Waals surface area contributed by atoms with E-state index in [9.17, 15) is 9.59 Å². The van der Waals surface area contributed by atoms with Crippen molar-refractivity contribution in [1.29, 1.82) is 0 Å². The number of thioether (sulfide) groups is 1. The lowest BCUT2D eigenvalue weighted by molar-refractivity contribution is -0.127. The van der Waals surface area contributed by atoms with Crippen molar-refractivity contribution in [2.45, 2.75) is 65.9 Å². The molecule has 0 aromatic rings. The van der Waals surface area contributed by atoms with Crippen LogP contribution >= 0.6 is 11.8 Å². The van der Waals surface area contributed by atoms with Crippen molar-refractivity contribution in [3.05, 3.63) is 0 Å². The van der Waals surface area contributed by atoms with Gasteiger partial charge in [-0.25, -0.2) is 0 Å². The van der Waals surface area contributed by atoms with Crippen molar-refractivity contribution in [3.63, 3.8) is 0 Å². The maximum atomic E-state index is 11.6. The Morgan fingerprint density at radius 1 is 1.14 bits per heavy atom. The van der Waals surface area contributed by atoms with E-state index in [1.54, 1.807) is 18.7 Å². The van der Waals surface area contributed by atoms with Crippen LogP contribution in [-0.2, 0) is 14.3 Å². The number of carbonyl (C=O) groups is 2. The van der Waals surface area contributed by atoms with Crippen LogP contribution < -0.4 is 5.32 Å². The zero-order chi connectivity index (χ0) is 17.2. The van der Waals surface area contributed by atoms with Crippen molar-refractivity contribution >= 4 is 23.5 Å². The molecule has 0 heterocycles. The fourth-order valence-electron chi connectivity index (χ4n) is 1.80. The highest BCUT2D eigenvalue weighted by Gasteiger charge is 2.25. The molecule has 0 saturated carbocycles. The second kappa shape index (κ2) is 10.3. The molecular weight excluding hydrogens is 298 g/mol. The maximum Gasteiger partial charge on any atom is 0.220 e. The van der Waals surface area contributed by atoms with Gasteiger partial charge >= 0.3 is 0 Å². The van der Waals surface area contributed by atoms with Crippen molar-refractivity contribution in [2.24, 2.45) is 5.41 Å². The Hall–Kier alpha value is -0.550. The third-order valence-corrected chi connectivity index (χ3v) is 4.67. The molecule has 0 rings (SSSR count). The summed E-state index contributed by atoms with van der Waals surface area (Å²) in [6, 6.07) is 0. The predicted octanol–water partition coefficient (Wildman–Crippen LogP) is 3.44. The molecule has 0 fully saturated rings. The van der Waals surface area contributed by atoms with Crippen molar-refractivity contribution in [3.8, 4) is 0 Å². The highest BCUT2D eigenvalue weighted by atomic mass is 32.2. The molecule has 0 spiro atoms. The number of hydrogen-bond donors (Lipinski definition) is 1. The molecule has 0 saturated heterocycles. The van der Waals surface area contributed by atoms with Gasteiger partial charge in [-0.15, -0.1) is 0 Å². The topological polar surface area (TPSA) is 55.4 Å². The summed E-state index contributed by atoms with van der Waals surface area (Å²) in [7, 11) is 0. The van der Waals surface area contributed by atoms with Crippen LogP contribution in [0.4, 0.5) is 0 Å². The molecule has 0 aliphatic rings. The quantitative estimate of drug-likeness (QED) is 0.557. The van der Waals surface area contributed by atoms with Gasteiger partial charge in [0.25, 0.3) is 0 Å². The van der Waals surface area contributed by atoms with Crippen LogP contribution in [0.15, 0.2) is 0 Å². The average molecular weight is 332 g/mol. The molecule has 0 atom stereocenters. The fraction of sp³-hybridized carbons (Fsp3) is 0.882. The summed E-state index contributed by atoms with van der Waals surface area (Å²) in [5, 5.41) is 2.94. The van der Waals surface area contributed by atoms with E-state index < -0.39 is 0 Å². The summed E-state index contributed by atoms with van der Waals surface area (Å²) >= 11 is 1.76.